The lowest BCUT2D eigenvalue weighted by molar-refractivity contribution is -0.143. The highest BCUT2D eigenvalue weighted by Crippen LogP contribution is 2.35. The molecule has 1 aliphatic heterocycles. The molecule has 1 saturated heterocycles. The molecule has 0 spiro atoms. The Hall–Kier alpha value is -1.89. The molecule has 3 aliphatic rings. The van der Waals surface area contributed by atoms with Gasteiger partial charge in [0.15, 0.2) is 0 Å². The van der Waals surface area contributed by atoms with Crippen molar-refractivity contribution < 1.29 is 14.4 Å². The molecule has 2 aliphatic carbocycles. The monoisotopic (exact) mass is 489 g/mol. The zero-order valence-electron chi connectivity index (χ0n) is 18.2. The minimum atomic E-state index is -1.18. The van der Waals surface area contributed by atoms with Crippen LogP contribution in [0.5, 0.6) is 0 Å². The van der Waals surface area contributed by atoms with Crippen molar-refractivity contribution >= 4 is 33.8 Å². The summed E-state index contributed by atoms with van der Waals surface area (Å²) in [5.41, 5.74) is -0.488. The van der Waals surface area contributed by atoms with E-state index in [1.165, 1.54) is 12.8 Å². The molecule has 7 heteroatoms. The normalized spacial score (nSPS) is 25.5. The number of nitrogens with one attached hydrogen (secondary N) is 1. The number of rotatable bonds is 5. The van der Waals surface area contributed by atoms with Gasteiger partial charge in [-0.1, -0.05) is 72.7 Å². The molecule has 1 aromatic carbocycles. The van der Waals surface area contributed by atoms with Crippen LogP contribution in [-0.4, -0.2) is 46.3 Å². The van der Waals surface area contributed by atoms with Crippen LogP contribution in [-0.2, 0) is 15.1 Å². The summed E-state index contributed by atoms with van der Waals surface area (Å²) in [5.74, 6) is -0.455. The Morgan fingerprint density at radius 3 is 2.13 bits per heavy atom. The van der Waals surface area contributed by atoms with Crippen LogP contribution in [0.1, 0.15) is 76.7 Å². The molecular formula is C24H32BrN3O3. The number of benzene rings is 1. The van der Waals surface area contributed by atoms with Crippen molar-refractivity contribution in [3.63, 3.8) is 0 Å². The SMILES string of the molecule is CC1(c2ccccc2Br)NC(=O)N(CC(=O)N(C2CCCCC2)C2CCCCC2)C1=O. The summed E-state index contributed by atoms with van der Waals surface area (Å²) >= 11 is 3.49. The molecule has 31 heavy (non-hydrogen) atoms. The summed E-state index contributed by atoms with van der Waals surface area (Å²) < 4.78 is 0.755. The summed E-state index contributed by atoms with van der Waals surface area (Å²) in [5, 5.41) is 2.83. The molecule has 168 valence electrons. The number of halogens is 1. The van der Waals surface area contributed by atoms with Crippen LogP contribution in [0, 0.1) is 0 Å². The van der Waals surface area contributed by atoms with Crippen LogP contribution in [0.3, 0.4) is 0 Å². The first-order valence-corrected chi connectivity index (χ1v) is 12.4. The van der Waals surface area contributed by atoms with E-state index in [1.54, 1.807) is 6.92 Å². The molecule has 0 bridgehead atoms. The van der Waals surface area contributed by atoms with E-state index in [1.807, 2.05) is 24.3 Å². The van der Waals surface area contributed by atoms with Crippen molar-refractivity contribution in [3.8, 4) is 0 Å². The predicted molar refractivity (Wildman–Crippen MR) is 122 cm³/mol. The van der Waals surface area contributed by atoms with Gasteiger partial charge in [-0.25, -0.2) is 4.79 Å². The Morgan fingerprint density at radius 1 is 1.03 bits per heavy atom. The maximum atomic E-state index is 13.5. The molecule has 1 unspecified atom stereocenters. The van der Waals surface area contributed by atoms with E-state index >= 15 is 0 Å². The Labute approximate surface area is 192 Å². The third-order valence-electron chi connectivity index (χ3n) is 7.21. The molecule has 4 rings (SSSR count). The van der Waals surface area contributed by atoms with Gasteiger partial charge in [0.2, 0.25) is 5.91 Å². The quantitative estimate of drug-likeness (QED) is 0.608. The Bertz CT molecular complexity index is 830. The van der Waals surface area contributed by atoms with Gasteiger partial charge in [0.1, 0.15) is 12.1 Å². The standard InChI is InChI=1S/C24H32BrN3O3/c1-24(19-14-8-9-15-20(19)25)22(30)27(23(31)26-24)16-21(29)28(17-10-4-2-5-11-17)18-12-6-3-7-13-18/h8-9,14-15,17-18H,2-7,10-13,16H2,1H3,(H,26,31). The van der Waals surface area contributed by atoms with Crippen LogP contribution in [0.25, 0.3) is 0 Å². The lowest BCUT2D eigenvalue weighted by Gasteiger charge is -2.42. The largest absolute Gasteiger partial charge is 0.335 e. The summed E-state index contributed by atoms with van der Waals surface area (Å²) in [6.07, 6.45) is 11.1. The highest BCUT2D eigenvalue weighted by molar-refractivity contribution is 9.10. The molecule has 4 amide bonds. The van der Waals surface area contributed by atoms with Gasteiger partial charge in [-0.3, -0.25) is 14.5 Å². The average Bonchev–Trinajstić information content (AvgIpc) is 2.99. The van der Waals surface area contributed by atoms with Crippen molar-refractivity contribution in [2.45, 2.75) is 88.8 Å². The number of hydrogen-bond acceptors (Lipinski definition) is 3. The van der Waals surface area contributed by atoms with Crippen molar-refractivity contribution in [3.05, 3.63) is 34.3 Å². The van der Waals surface area contributed by atoms with Gasteiger partial charge >= 0.3 is 6.03 Å². The van der Waals surface area contributed by atoms with Gasteiger partial charge in [0.05, 0.1) is 0 Å². The molecular weight excluding hydrogens is 458 g/mol. The van der Waals surface area contributed by atoms with Gasteiger partial charge in [0.25, 0.3) is 5.91 Å². The van der Waals surface area contributed by atoms with Gasteiger partial charge in [0, 0.05) is 22.1 Å². The second kappa shape index (κ2) is 9.31. The van der Waals surface area contributed by atoms with E-state index in [0.717, 1.165) is 60.7 Å². The number of imide groups is 1. The third kappa shape index (κ3) is 4.38. The first-order chi connectivity index (χ1) is 14.9. The van der Waals surface area contributed by atoms with E-state index in [4.69, 9.17) is 0 Å². The minimum Gasteiger partial charge on any atom is -0.335 e. The second-order valence-corrected chi connectivity index (χ2v) is 10.2. The number of nitrogens with zero attached hydrogens (tertiary/aromatic N) is 2. The number of amides is 4. The number of carbonyl (C=O) groups is 3. The summed E-state index contributed by atoms with van der Waals surface area (Å²) in [7, 11) is 0. The zero-order chi connectivity index (χ0) is 22.0. The maximum Gasteiger partial charge on any atom is 0.325 e. The molecule has 2 saturated carbocycles. The van der Waals surface area contributed by atoms with Crippen LogP contribution in [0.15, 0.2) is 28.7 Å². The van der Waals surface area contributed by atoms with E-state index in [9.17, 15) is 14.4 Å². The number of hydrogen-bond donors (Lipinski definition) is 1. The molecule has 3 fully saturated rings. The predicted octanol–water partition coefficient (Wildman–Crippen LogP) is 4.71. The highest BCUT2D eigenvalue weighted by atomic mass is 79.9. The molecule has 1 aromatic rings. The summed E-state index contributed by atoms with van der Waals surface area (Å²) in [6, 6.07) is 7.35. The first-order valence-electron chi connectivity index (χ1n) is 11.6. The molecule has 1 atom stereocenters. The van der Waals surface area contributed by atoms with Gasteiger partial charge in [-0.2, -0.15) is 0 Å². The van der Waals surface area contributed by atoms with Crippen molar-refractivity contribution in [2.24, 2.45) is 0 Å². The van der Waals surface area contributed by atoms with Gasteiger partial charge in [-0.15, -0.1) is 0 Å². The Kier molecular flexibility index (Phi) is 6.70. The van der Waals surface area contributed by atoms with E-state index < -0.39 is 11.6 Å². The van der Waals surface area contributed by atoms with Gasteiger partial charge < -0.3 is 10.2 Å². The van der Waals surface area contributed by atoms with Crippen LogP contribution < -0.4 is 5.32 Å². The Balaban J connectivity index is 1.54. The average molecular weight is 490 g/mol. The van der Waals surface area contributed by atoms with Crippen molar-refractivity contribution in [2.75, 3.05) is 6.54 Å². The fourth-order valence-corrected chi connectivity index (χ4v) is 6.21. The van der Waals surface area contributed by atoms with Gasteiger partial charge in [-0.05, 0) is 38.7 Å². The van der Waals surface area contributed by atoms with Crippen LogP contribution in [0.2, 0.25) is 0 Å². The van der Waals surface area contributed by atoms with E-state index in [0.29, 0.717) is 5.56 Å². The van der Waals surface area contributed by atoms with E-state index in [-0.39, 0.29) is 30.4 Å². The van der Waals surface area contributed by atoms with Crippen LogP contribution >= 0.6 is 15.9 Å². The smallest absolute Gasteiger partial charge is 0.325 e. The summed E-state index contributed by atoms with van der Waals surface area (Å²) in [6.45, 7) is 1.52. The lowest BCUT2D eigenvalue weighted by atomic mass is 9.88. The fourth-order valence-electron chi connectivity index (χ4n) is 5.53. The first kappa shape index (κ1) is 22.3. The topological polar surface area (TPSA) is 69.7 Å². The number of urea groups is 1. The molecule has 6 nitrogen and oxygen atoms in total. The molecule has 0 radical (unpaired) electrons. The second-order valence-electron chi connectivity index (χ2n) is 9.31. The number of carbonyl (C=O) groups excluding carboxylic acids is 3. The third-order valence-corrected chi connectivity index (χ3v) is 7.90. The minimum absolute atomic E-state index is 0.0846. The molecule has 0 aromatic heterocycles. The highest BCUT2D eigenvalue weighted by Gasteiger charge is 2.51. The lowest BCUT2D eigenvalue weighted by Crippen LogP contribution is -2.53. The zero-order valence-corrected chi connectivity index (χ0v) is 19.8. The van der Waals surface area contributed by atoms with Crippen molar-refractivity contribution in [1.82, 2.24) is 15.1 Å². The Morgan fingerprint density at radius 2 is 1.58 bits per heavy atom. The molecule has 1 heterocycles. The fraction of sp³-hybridized carbons (Fsp3) is 0.625. The maximum absolute atomic E-state index is 13.5. The molecule has 1 N–H and O–H groups in total. The summed E-state index contributed by atoms with van der Waals surface area (Å²) in [4.78, 5) is 42.9. The van der Waals surface area contributed by atoms with Crippen LogP contribution in [0.4, 0.5) is 4.79 Å². The van der Waals surface area contributed by atoms with E-state index in [2.05, 4.69) is 26.1 Å². The van der Waals surface area contributed by atoms with Crippen molar-refractivity contribution in [1.29, 1.82) is 0 Å².